The molecule has 1 aliphatic carbocycles. The molecule has 0 heterocycles. The van der Waals surface area contributed by atoms with E-state index in [1.807, 2.05) is 0 Å². The van der Waals surface area contributed by atoms with E-state index < -0.39 is 5.79 Å². The molecule has 3 nitrogen and oxygen atoms in total. The number of hydrogen-bond acceptors (Lipinski definition) is 3. The number of carbonyl (C=O) groups is 1. The molecule has 14 heavy (non-hydrogen) atoms. The summed E-state index contributed by atoms with van der Waals surface area (Å²) in [5, 5.41) is 18.8. The minimum absolute atomic E-state index is 0.0225. The van der Waals surface area contributed by atoms with Gasteiger partial charge >= 0.3 is 0 Å². The van der Waals surface area contributed by atoms with Crippen molar-refractivity contribution in [3.63, 3.8) is 0 Å². The van der Waals surface area contributed by atoms with Gasteiger partial charge in [-0.3, -0.25) is 0 Å². The lowest BCUT2D eigenvalue weighted by Gasteiger charge is -2.34. The molecule has 0 amide bonds. The van der Waals surface area contributed by atoms with Crippen molar-refractivity contribution in [2.75, 3.05) is 0 Å². The second-order valence-electron chi connectivity index (χ2n) is 4.72. The molecule has 1 saturated carbocycles. The molecule has 0 aromatic heterocycles. The van der Waals surface area contributed by atoms with Crippen molar-refractivity contribution in [3.8, 4) is 0 Å². The summed E-state index contributed by atoms with van der Waals surface area (Å²) < 4.78 is 0. The molecule has 0 unspecified atom stereocenters. The van der Waals surface area contributed by atoms with Crippen LogP contribution in [0.25, 0.3) is 0 Å². The summed E-state index contributed by atoms with van der Waals surface area (Å²) in [6, 6.07) is 0. The highest BCUT2D eigenvalue weighted by Crippen LogP contribution is 2.35. The largest absolute Gasteiger partial charge is 0.366 e. The van der Waals surface area contributed by atoms with Gasteiger partial charge in [-0.1, -0.05) is 0 Å². The Hall–Kier alpha value is -0.410. The van der Waals surface area contributed by atoms with Crippen molar-refractivity contribution in [3.05, 3.63) is 0 Å². The van der Waals surface area contributed by atoms with E-state index >= 15 is 0 Å². The van der Waals surface area contributed by atoms with Crippen molar-refractivity contribution in [1.82, 2.24) is 0 Å². The van der Waals surface area contributed by atoms with Gasteiger partial charge in [-0.25, -0.2) is 0 Å². The molecule has 1 aliphatic rings. The molecule has 0 aromatic rings. The molecule has 0 atom stereocenters. The van der Waals surface area contributed by atoms with Crippen molar-refractivity contribution in [2.45, 2.75) is 51.7 Å². The van der Waals surface area contributed by atoms with Crippen LogP contribution in [0.2, 0.25) is 0 Å². The van der Waals surface area contributed by atoms with Gasteiger partial charge in [-0.15, -0.1) is 0 Å². The Morgan fingerprint density at radius 3 is 2.14 bits per heavy atom. The van der Waals surface area contributed by atoms with Crippen molar-refractivity contribution in [2.24, 2.45) is 11.8 Å². The van der Waals surface area contributed by atoms with Gasteiger partial charge in [0.05, 0.1) is 0 Å². The molecule has 0 bridgehead atoms. The second kappa shape index (κ2) is 4.41. The maximum Gasteiger partial charge on any atom is 0.162 e. The van der Waals surface area contributed by atoms with Crippen molar-refractivity contribution >= 4 is 5.78 Å². The highest BCUT2D eigenvalue weighted by Gasteiger charge is 2.33. The van der Waals surface area contributed by atoms with Crippen LogP contribution in [0.5, 0.6) is 0 Å². The molecule has 3 heteroatoms. The summed E-state index contributed by atoms with van der Waals surface area (Å²) in [6.07, 6.45) is 4.19. The maximum absolute atomic E-state index is 10.9. The number of aliphatic hydroxyl groups is 2. The highest BCUT2D eigenvalue weighted by molar-refractivity contribution is 5.75. The van der Waals surface area contributed by atoms with Gasteiger partial charge in [-0.05, 0) is 45.4 Å². The lowest BCUT2D eigenvalue weighted by atomic mass is 9.77. The van der Waals surface area contributed by atoms with E-state index in [0.717, 1.165) is 25.7 Å². The van der Waals surface area contributed by atoms with Gasteiger partial charge in [0.25, 0.3) is 0 Å². The van der Waals surface area contributed by atoms with Crippen LogP contribution in [0.4, 0.5) is 0 Å². The first-order chi connectivity index (χ1) is 6.39. The third kappa shape index (κ3) is 3.39. The standard InChI is InChI=1S/C11H20O3/c1-8(12)7-9-3-5-10(6-4-9)11(2,13)14/h9-10,13-14H,3-7H2,1-2H3. The van der Waals surface area contributed by atoms with Gasteiger partial charge in [0.1, 0.15) is 5.78 Å². The zero-order valence-corrected chi connectivity index (χ0v) is 8.99. The third-order valence-electron chi connectivity index (χ3n) is 3.20. The average Bonchev–Trinajstić information content (AvgIpc) is 2.02. The quantitative estimate of drug-likeness (QED) is 0.678. The van der Waals surface area contributed by atoms with Crippen LogP contribution in [0.1, 0.15) is 46.0 Å². The lowest BCUT2D eigenvalue weighted by molar-refractivity contribution is -0.193. The molecule has 82 valence electrons. The van der Waals surface area contributed by atoms with E-state index in [-0.39, 0.29) is 11.7 Å². The van der Waals surface area contributed by atoms with Crippen LogP contribution in [0.3, 0.4) is 0 Å². The van der Waals surface area contributed by atoms with Gasteiger partial charge in [-0.2, -0.15) is 0 Å². The predicted octanol–water partition coefficient (Wildman–Crippen LogP) is 1.47. The maximum atomic E-state index is 10.9. The summed E-state index contributed by atoms with van der Waals surface area (Å²) in [7, 11) is 0. The first kappa shape index (κ1) is 11.7. The van der Waals surface area contributed by atoms with Crippen LogP contribution in [-0.4, -0.2) is 21.8 Å². The van der Waals surface area contributed by atoms with E-state index in [0.29, 0.717) is 12.3 Å². The molecule has 0 aromatic carbocycles. The number of ketones is 1. The molecule has 0 radical (unpaired) electrons. The molecule has 0 aliphatic heterocycles. The van der Waals surface area contributed by atoms with E-state index in [2.05, 4.69) is 0 Å². The van der Waals surface area contributed by atoms with Gasteiger partial charge in [0, 0.05) is 12.3 Å². The molecular weight excluding hydrogens is 180 g/mol. The zero-order valence-electron chi connectivity index (χ0n) is 8.99. The first-order valence-corrected chi connectivity index (χ1v) is 5.33. The van der Waals surface area contributed by atoms with Crippen molar-refractivity contribution in [1.29, 1.82) is 0 Å². The van der Waals surface area contributed by atoms with E-state index in [9.17, 15) is 15.0 Å². The normalized spacial score (nSPS) is 28.9. The highest BCUT2D eigenvalue weighted by atomic mass is 16.5. The summed E-state index contributed by atoms with van der Waals surface area (Å²) in [5.41, 5.74) is 0. The summed E-state index contributed by atoms with van der Waals surface area (Å²) >= 11 is 0. The number of hydrogen-bond donors (Lipinski definition) is 2. The fourth-order valence-electron chi connectivity index (χ4n) is 2.32. The minimum atomic E-state index is -1.54. The molecule has 1 rings (SSSR count). The van der Waals surface area contributed by atoms with E-state index in [1.54, 1.807) is 6.92 Å². The fraction of sp³-hybridized carbons (Fsp3) is 0.909. The molecule has 2 N–H and O–H groups in total. The SMILES string of the molecule is CC(=O)CC1CCC(C(C)(O)O)CC1. The summed E-state index contributed by atoms with van der Waals surface area (Å²) in [5.74, 6) is -0.859. The zero-order chi connectivity index (χ0) is 10.8. The lowest BCUT2D eigenvalue weighted by Crippen LogP contribution is -2.36. The van der Waals surface area contributed by atoms with E-state index in [4.69, 9.17) is 0 Å². The topological polar surface area (TPSA) is 57.5 Å². The Morgan fingerprint density at radius 1 is 1.29 bits per heavy atom. The Labute approximate surface area is 85.1 Å². The fourth-order valence-corrected chi connectivity index (χ4v) is 2.32. The van der Waals surface area contributed by atoms with Gasteiger partial charge < -0.3 is 15.0 Å². The monoisotopic (exact) mass is 200 g/mol. The van der Waals surface area contributed by atoms with Gasteiger partial charge in [0.15, 0.2) is 5.79 Å². The first-order valence-electron chi connectivity index (χ1n) is 5.33. The summed E-state index contributed by atoms with van der Waals surface area (Å²) in [6.45, 7) is 3.07. The van der Waals surface area contributed by atoms with Gasteiger partial charge in [0.2, 0.25) is 0 Å². The molecule has 0 saturated heterocycles. The Balaban J connectivity index is 2.35. The van der Waals surface area contributed by atoms with Crippen molar-refractivity contribution < 1.29 is 15.0 Å². The van der Waals surface area contributed by atoms with Crippen LogP contribution in [0, 0.1) is 11.8 Å². The minimum Gasteiger partial charge on any atom is -0.366 e. The molecule has 1 fully saturated rings. The average molecular weight is 200 g/mol. The van der Waals surface area contributed by atoms with Crippen LogP contribution >= 0.6 is 0 Å². The Morgan fingerprint density at radius 2 is 1.79 bits per heavy atom. The summed E-state index contributed by atoms with van der Waals surface area (Å²) in [4.78, 5) is 10.9. The second-order valence-corrected chi connectivity index (χ2v) is 4.72. The number of rotatable bonds is 3. The Bertz CT molecular complexity index is 197. The van der Waals surface area contributed by atoms with Crippen LogP contribution < -0.4 is 0 Å². The van der Waals surface area contributed by atoms with Crippen LogP contribution in [0.15, 0.2) is 0 Å². The van der Waals surface area contributed by atoms with Crippen LogP contribution in [-0.2, 0) is 4.79 Å². The predicted molar refractivity (Wildman–Crippen MR) is 53.6 cm³/mol. The Kier molecular flexibility index (Phi) is 3.67. The molecule has 0 spiro atoms. The number of Topliss-reactive ketones (excluding diaryl/α,β-unsaturated/α-hetero) is 1. The smallest absolute Gasteiger partial charge is 0.162 e. The molecular formula is C11H20O3. The third-order valence-corrected chi connectivity index (χ3v) is 3.20. The number of carbonyl (C=O) groups excluding carboxylic acids is 1. The van der Waals surface area contributed by atoms with E-state index in [1.165, 1.54) is 6.92 Å².